The van der Waals surface area contributed by atoms with Crippen LogP contribution in [-0.4, -0.2) is 23.3 Å². The molecule has 4 rings (SSSR count). The first-order valence-corrected chi connectivity index (χ1v) is 10.1. The smallest absolute Gasteiger partial charge is 0.259 e. The van der Waals surface area contributed by atoms with Crippen LogP contribution in [0, 0.1) is 0 Å². The minimum absolute atomic E-state index is 0.0231. The number of carbonyl (C=O) groups excluding carboxylic acids is 2. The van der Waals surface area contributed by atoms with Crippen LogP contribution in [0.1, 0.15) is 41.8 Å². The van der Waals surface area contributed by atoms with Crippen LogP contribution < -0.4 is 10.2 Å². The normalized spacial score (nSPS) is 13.1. The summed E-state index contributed by atoms with van der Waals surface area (Å²) in [6.45, 7) is 4.78. The van der Waals surface area contributed by atoms with Gasteiger partial charge in [-0.05, 0) is 53.3 Å². The van der Waals surface area contributed by atoms with Gasteiger partial charge in [-0.1, -0.05) is 44.2 Å². The van der Waals surface area contributed by atoms with Crippen molar-refractivity contribution in [2.45, 2.75) is 32.1 Å². The quantitative estimate of drug-likeness (QED) is 0.682. The molecule has 1 aliphatic heterocycles. The van der Waals surface area contributed by atoms with Gasteiger partial charge in [0, 0.05) is 36.7 Å². The second-order valence-corrected chi connectivity index (χ2v) is 8.27. The molecule has 152 valence electrons. The Morgan fingerprint density at radius 3 is 2.60 bits per heavy atom. The third-order valence-electron chi connectivity index (χ3n) is 5.57. The summed E-state index contributed by atoms with van der Waals surface area (Å²) in [6.07, 6.45) is 4.40. The van der Waals surface area contributed by atoms with Gasteiger partial charge in [-0.2, -0.15) is 0 Å². The maximum absolute atomic E-state index is 12.8. The molecule has 0 aliphatic carbocycles. The molecule has 0 unspecified atom stereocenters. The summed E-state index contributed by atoms with van der Waals surface area (Å²) in [5.41, 5.74) is 4.18. The molecule has 2 heterocycles. The second-order valence-electron chi connectivity index (χ2n) is 8.27. The number of nitrogens with zero attached hydrogens (tertiary/aromatic N) is 2. The Kier molecular flexibility index (Phi) is 5.36. The Morgan fingerprint density at radius 1 is 1.07 bits per heavy atom. The lowest BCUT2D eigenvalue weighted by molar-refractivity contribution is -0.117. The fourth-order valence-corrected chi connectivity index (χ4v) is 3.93. The van der Waals surface area contributed by atoms with Crippen molar-refractivity contribution in [1.82, 2.24) is 4.98 Å². The van der Waals surface area contributed by atoms with E-state index in [4.69, 9.17) is 0 Å². The van der Waals surface area contributed by atoms with Crippen molar-refractivity contribution in [2.75, 3.05) is 16.8 Å². The molecule has 0 atom stereocenters. The van der Waals surface area contributed by atoms with Gasteiger partial charge >= 0.3 is 0 Å². The Labute approximate surface area is 176 Å². The van der Waals surface area contributed by atoms with E-state index in [0.29, 0.717) is 18.5 Å². The average Bonchev–Trinajstić information content (AvgIpc) is 3.17. The van der Waals surface area contributed by atoms with Crippen molar-refractivity contribution in [1.29, 1.82) is 0 Å². The predicted octanol–water partition coefficient (Wildman–Crippen LogP) is 4.59. The molecule has 0 radical (unpaired) electrons. The van der Waals surface area contributed by atoms with Crippen molar-refractivity contribution in [3.8, 4) is 0 Å². The van der Waals surface area contributed by atoms with Crippen LogP contribution >= 0.6 is 0 Å². The van der Waals surface area contributed by atoms with E-state index in [9.17, 15) is 9.59 Å². The van der Waals surface area contributed by atoms with Crippen LogP contribution in [0.3, 0.4) is 0 Å². The summed E-state index contributed by atoms with van der Waals surface area (Å²) in [5, 5.41) is 3.02. The molecule has 0 saturated heterocycles. The Morgan fingerprint density at radius 2 is 1.87 bits per heavy atom. The number of aromatic nitrogens is 1. The highest BCUT2D eigenvalue weighted by Gasteiger charge is 2.27. The Hall–Kier alpha value is -3.47. The van der Waals surface area contributed by atoms with Gasteiger partial charge in [0.1, 0.15) is 0 Å². The molecule has 1 aliphatic rings. The maximum Gasteiger partial charge on any atom is 0.259 e. The summed E-state index contributed by atoms with van der Waals surface area (Å²) in [5.74, 6) is -0.0756. The number of nitrogens with one attached hydrogen (secondary N) is 1. The van der Waals surface area contributed by atoms with Gasteiger partial charge in [0.05, 0.1) is 5.56 Å². The molecule has 5 heteroatoms. The first-order chi connectivity index (χ1) is 14.4. The topological polar surface area (TPSA) is 62.3 Å². The second kappa shape index (κ2) is 8.11. The van der Waals surface area contributed by atoms with E-state index < -0.39 is 0 Å². The van der Waals surface area contributed by atoms with E-state index in [-0.39, 0.29) is 17.2 Å². The van der Waals surface area contributed by atoms with E-state index in [0.717, 1.165) is 28.9 Å². The number of hydrogen-bond acceptors (Lipinski definition) is 3. The molecule has 2 amide bonds. The highest BCUT2D eigenvalue weighted by molar-refractivity contribution is 6.07. The number of pyridine rings is 1. The van der Waals surface area contributed by atoms with Crippen molar-refractivity contribution < 1.29 is 9.59 Å². The molecule has 1 N–H and O–H groups in total. The number of rotatable bonds is 5. The SMILES string of the molecule is CC(C)(CC(=O)Nc1ccc2c(c1)CCN2C(=O)c1cccnc1)c1ccccc1. The van der Waals surface area contributed by atoms with Crippen LogP contribution in [0.15, 0.2) is 73.1 Å². The monoisotopic (exact) mass is 399 g/mol. The van der Waals surface area contributed by atoms with Gasteiger partial charge in [0.25, 0.3) is 5.91 Å². The molecule has 5 nitrogen and oxygen atoms in total. The summed E-state index contributed by atoms with van der Waals surface area (Å²) in [7, 11) is 0. The molecule has 0 spiro atoms. The van der Waals surface area contributed by atoms with Crippen LogP contribution in [0.4, 0.5) is 11.4 Å². The first-order valence-electron chi connectivity index (χ1n) is 10.1. The maximum atomic E-state index is 12.8. The van der Waals surface area contributed by atoms with Crippen molar-refractivity contribution in [2.24, 2.45) is 0 Å². The standard InChI is InChI=1S/C25H25N3O2/c1-25(2,20-8-4-3-5-9-20)16-23(29)27-21-10-11-22-18(15-21)12-14-28(22)24(30)19-7-6-13-26-17-19/h3-11,13,15,17H,12,14,16H2,1-2H3,(H,27,29). The third-order valence-corrected chi connectivity index (χ3v) is 5.57. The Balaban J connectivity index is 1.45. The zero-order valence-electron chi connectivity index (χ0n) is 17.3. The largest absolute Gasteiger partial charge is 0.326 e. The number of benzene rings is 2. The molecule has 0 saturated carbocycles. The lowest BCUT2D eigenvalue weighted by Gasteiger charge is -2.24. The van der Waals surface area contributed by atoms with Crippen LogP contribution in [0.5, 0.6) is 0 Å². The molecule has 0 bridgehead atoms. The summed E-state index contributed by atoms with van der Waals surface area (Å²) >= 11 is 0. The van der Waals surface area contributed by atoms with Crippen LogP contribution in [0.2, 0.25) is 0 Å². The lowest BCUT2D eigenvalue weighted by Crippen LogP contribution is -2.28. The van der Waals surface area contributed by atoms with E-state index >= 15 is 0 Å². The van der Waals surface area contributed by atoms with Gasteiger partial charge in [0.2, 0.25) is 5.91 Å². The van der Waals surface area contributed by atoms with Gasteiger partial charge in [-0.25, -0.2) is 0 Å². The summed E-state index contributed by atoms with van der Waals surface area (Å²) in [6, 6.07) is 19.4. The fraction of sp³-hybridized carbons (Fsp3) is 0.240. The van der Waals surface area contributed by atoms with Crippen molar-refractivity contribution in [3.63, 3.8) is 0 Å². The molecular weight excluding hydrogens is 374 g/mol. The average molecular weight is 399 g/mol. The number of anilines is 2. The highest BCUT2D eigenvalue weighted by Crippen LogP contribution is 2.32. The molecule has 0 fully saturated rings. The molecule has 3 aromatic rings. The lowest BCUT2D eigenvalue weighted by atomic mass is 9.81. The van der Waals surface area contributed by atoms with E-state index in [1.807, 2.05) is 36.4 Å². The van der Waals surface area contributed by atoms with Crippen molar-refractivity contribution >= 4 is 23.2 Å². The zero-order chi connectivity index (χ0) is 21.1. The molecular formula is C25H25N3O2. The highest BCUT2D eigenvalue weighted by atomic mass is 16.2. The van der Waals surface area contributed by atoms with Crippen molar-refractivity contribution in [3.05, 3.63) is 89.7 Å². The number of hydrogen-bond donors (Lipinski definition) is 1. The molecule has 2 aromatic carbocycles. The van der Waals surface area contributed by atoms with Gasteiger partial charge in [-0.3, -0.25) is 14.6 Å². The molecule has 1 aromatic heterocycles. The van der Waals surface area contributed by atoms with E-state index in [2.05, 4.69) is 36.3 Å². The predicted molar refractivity (Wildman–Crippen MR) is 119 cm³/mol. The summed E-state index contributed by atoms with van der Waals surface area (Å²) < 4.78 is 0. The number of fused-ring (bicyclic) bond motifs is 1. The van der Waals surface area contributed by atoms with Gasteiger partial charge in [-0.15, -0.1) is 0 Å². The van der Waals surface area contributed by atoms with E-state index in [1.54, 1.807) is 29.4 Å². The Bertz CT molecular complexity index is 1060. The van der Waals surface area contributed by atoms with Crippen LogP contribution in [-0.2, 0) is 16.6 Å². The number of amides is 2. The number of carbonyl (C=O) groups is 2. The fourth-order valence-electron chi connectivity index (χ4n) is 3.93. The summed E-state index contributed by atoms with van der Waals surface area (Å²) in [4.78, 5) is 31.3. The first kappa shape index (κ1) is 19.8. The van der Waals surface area contributed by atoms with E-state index in [1.165, 1.54) is 0 Å². The van der Waals surface area contributed by atoms with Crippen LogP contribution in [0.25, 0.3) is 0 Å². The minimum atomic E-state index is -0.255. The zero-order valence-corrected chi connectivity index (χ0v) is 17.3. The third kappa shape index (κ3) is 4.10. The van der Waals surface area contributed by atoms with Gasteiger partial charge < -0.3 is 10.2 Å². The minimum Gasteiger partial charge on any atom is -0.326 e. The van der Waals surface area contributed by atoms with Gasteiger partial charge in [0.15, 0.2) is 0 Å². The molecule has 30 heavy (non-hydrogen) atoms.